The molecule has 1 atom stereocenters. The van der Waals surface area contributed by atoms with E-state index in [1.54, 1.807) is 6.20 Å². The van der Waals surface area contributed by atoms with Crippen LogP contribution >= 0.6 is 0 Å². The second-order valence-corrected chi connectivity index (χ2v) is 6.95. The summed E-state index contributed by atoms with van der Waals surface area (Å²) in [6.45, 7) is 6.39. The molecule has 1 aliphatic rings. The van der Waals surface area contributed by atoms with E-state index in [0.29, 0.717) is 11.7 Å². The lowest BCUT2D eigenvalue weighted by atomic mass is 9.86. The van der Waals surface area contributed by atoms with Crippen molar-refractivity contribution in [1.82, 2.24) is 15.1 Å². The molecule has 3 aromatic rings. The van der Waals surface area contributed by atoms with Gasteiger partial charge in [-0.15, -0.1) is 0 Å². The first-order valence-electron chi connectivity index (χ1n) is 8.16. The van der Waals surface area contributed by atoms with Gasteiger partial charge in [0.25, 0.3) is 5.89 Å². The quantitative estimate of drug-likeness (QED) is 0.780. The van der Waals surface area contributed by atoms with Crippen LogP contribution in [0, 0.1) is 6.92 Å². The standard InChI is InChI=1S/C19H20N4O/c1-12-21-18(24-23-12)13-8-9-20-17(10-13)22-16-11-19(2,3)15-7-5-4-6-14(15)16/h4-10,16H,11H2,1-3H3,(H,20,22). The van der Waals surface area contributed by atoms with Crippen LogP contribution in [0.5, 0.6) is 0 Å². The predicted molar refractivity (Wildman–Crippen MR) is 92.7 cm³/mol. The fraction of sp³-hybridized carbons (Fsp3) is 0.316. The van der Waals surface area contributed by atoms with Crippen molar-refractivity contribution in [2.75, 3.05) is 5.32 Å². The minimum absolute atomic E-state index is 0.162. The summed E-state index contributed by atoms with van der Waals surface area (Å²) < 4.78 is 5.25. The maximum Gasteiger partial charge on any atom is 0.258 e. The van der Waals surface area contributed by atoms with Gasteiger partial charge in [0, 0.05) is 11.8 Å². The molecule has 1 aliphatic carbocycles. The van der Waals surface area contributed by atoms with E-state index in [-0.39, 0.29) is 11.5 Å². The van der Waals surface area contributed by atoms with E-state index in [9.17, 15) is 0 Å². The highest BCUT2D eigenvalue weighted by molar-refractivity contribution is 5.59. The SMILES string of the molecule is Cc1noc(-c2ccnc(NC3CC(C)(C)c4ccccc43)c2)n1. The predicted octanol–water partition coefficient (Wildman–Crippen LogP) is 4.27. The number of hydrogen-bond donors (Lipinski definition) is 1. The van der Waals surface area contributed by atoms with Crippen LogP contribution in [0.15, 0.2) is 47.1 Å². The monoisotopic (exact) mass is 320 g/mol. The minimum atomic E-state index is 0.162. The number of nitrogens with one attached hydrogen (secondary N) is 1. The van der Waals surface area contributed by atoms with Crippen LogP contribution in [0.4, 0.5) is 5.82 Å². The zero-order valence-corrected chi connectivity index (χ0v) is 14.1. The van der Waals surface area contributed by atoms with Crippen LogP contribution in [0.2, 0.25) is 0 Å². The Morgan fingerprint density at radius 3 is 2.83 bits per heavy atom. The van der Waals surface area contributed by atoms with Crippen LogP contribution < -0.4 is 5.32 Å². The summed E-state index contributed by atoms with van der Waals surface area (Å²) in [4.78, 5) is 8.73. The summed E-state index contributed by atoms with van der Waals surface area (Å²) in [5.74, 6) is 1.97. The summed E-state index contributed by atoms with van der Waals surface area (Å²) >= 11 is 0. The van der Waals surface area contributed by atoms with Crippen LogP contribution in [0.3, 0.4) is 0 Å². The molecule has 0 saturated heterocycles. The molecule has 4 rings (SSSR count). The average Bonchev–Trinajstić information content (AvgIpc) is 3.10. The second kappa shape index (κ2) is 5.44. The van der Waals surface area contributed by atoms with Gasteiger partial charge in [0.1, 0.15) is 5.82 Å². The van der Waals surface area contributed by atoms with Crippen molar-refractivity contribution in [3.05, 3.63) is 59.5 Å². The molecule has 0 fully saturated rings. The Morgan fingerprint density at radius 2 is 2.04 bits per heavy atom. The Kier molecular flexibility index (Phi) is 3.37. The van der Waals surface area contributed by atoms with E-state index in [0.717, 1.165) is 17.8 Å². The van der Waals surface area contributed by atoms with Gasteiger partial charge in [0.2, 0.25) is 0 Å². The lowest BCUT2D eigenvalue weighted by Crippen LogP contribution is -2.14. The summed E-state index contributed by atoms with van der Waals surface area (Å²) in [5, 5.41) is 7.42. The number of rotatable bonds is 3. The van der Waals surface area contributed by atoms with Crippen LogP contribution in [-0.2, 0) is 5.41 Å². The molecule has 0 saturated carbocycles. The van der Waals surface area contributed by atoms with Gasteiger partial charge in [-0.25, -0.2) is 4.98 Å². The molecule has 1 unspecified atom stereocenters. The summed E-state index contributed by atoms with van der Waals surface area (Å²) in [6, 6.07) is 12.7. The molecule has 24 heavy (non-hydrogen) atoms. The zero-order chi connectivity index (χ0) is 16.7. The Bertz CT molecular complexity index is 884. The minimum Gasteiger partial charge on any atom is -0.363 e. The number of anilines is 1. The summed E-state index contributed by atoms with van der Waals surface area (Å²) in [7, 11) is 0. The molecule has 0 amide bonds. The van der Waals surface area contributed by atoms with Gasteiger partial charge in [0.15, 0.2) is 5.82 Å². The van der Waals surface area contributed by atoms with Gasteiger partial charge in [-0.05, 0) is 42.0 Å². The van der Waals surface area contributed by atoms with E-state index in [2.05, 4.69) is 58.6 Å². The summed E-state index contributed by atoms with van der Waals surface area (Å²) in [6.07, 6.45) is 2.81. The molecule has 1 aromatic carbocycles. The third-order valence-electron chi connectivity index (χ3n) is 4.64. The first-order valence-corrected chi connectivity index (χ1v) is 8.16. The van der Waals surface area contributed by atoms with Gasteiger partial charge in [-0.1, -0.05) is 43.3 Å². The molecule has 5 heteroatoms. The number of fused-ring (bicyclic) bond motifs is 1. The first-order chi connectivity index (χ1) is 11.5. The fourth-order valence-corrected chi connectivity index (χ4v) is 3.51. The van der Waals surface area contributed by atoms with Gasteiger partial charge in [-0.2, -0.15) is 4.98 Å². The van der Waals surface area contributed by atoms with E-state index in [1.165, 1.54) is 11.1 Å². The molecular weight excluding hydrogens is 300 g/mol. The molecule has 0 radical (unpaired) electrons. The molecule has 1 N–H and O–H groups in total. The van der Waals surface area contributed by atoms with Gasteiger partial charge >= 0.3 is 0 Å². The van der Waals surface area contributed by atoms with Crippen molar-refractivity contribution >= 4 is 5.82 Å². The second-order valence-electron chi connectivity index (χ2n) is 6.95. The van der Waals surface area contributed by atoms with Crippen molar-refractivity contribution in [3.8, 4) is 11.5 Å². The molecule has 0 aliphatic heterocycles. The Morgan fingerprint density at radius 1 is 1.21 bits per heavy atom. The number of benzene rings is 1. The van der Waals surface area contributed by atoms with E-state index in [4.69, 9.17) is 4.52 Å². The molecule has 0 bridgehead atoms. The molecule has 0 spiro atoms. The Hall–Kier alpha value is -2.69. The van der Waals surface area contributed by atoms with Crippen LogP contribution in [-0.4, -0.2) is 15.1 Å². The van der Waals surface area contributed by atoms with Crippen molar-refractivity contribution in [3.63, 3.8) is 0 Å². The highest BCUT2D eigenvalue weighted by Crippen LogP contribution is 2.45. The fourth-order valence-electron chi connectivity index (χ4n) is 3.51. The number of pyridine rings is 1. The number of hydrogen-bond acceptors (Lipinski definition) is 5. The highest BCUT2D eigenvalue weighted by Gasteiger charge is 2.36. The van der Waals surface area contributed by atoms with Crippen molar-refractivity contribution < 1.29 is 4.52 Å². The Labute approximate surface area is 141 Å². The normalized spacial score (nSPS) is 18.4. The van der Waals surface area contributed by atoms with E-state index < -0.39 is 0 Å². The molecule has 2 aromatic heterocycles. The van der Waals surface area contributed by atoms with Crippen molar-refractivity contribution in [2.24, 2.45) is 0 Å². The third kappa shape index (κ3) is 2.56. The highest BCUT2D eigenvalue weighted by atomic mass is 16.5. The maximum absolute atomic E-state index is 5.25. The number of aryl methyl sites for hydroxylation is 1. The first kappa shape index (κ1) is 14.9. The lowest BCUT2D eigenvalue weighted by molar-refractivity contribution is 0.425. The van der Waals surface area contributed by atoms with E-state index >= 15 is 0 Å². The van der Waals surface area contributed by atoms with Gasteiger partial charge < -0.3 is 9.84 Å². The van der Waals surface area contributed by atoms with Gasteiger partial charge in [-0.3, -0.25) is 0 Å². The smallest absolute Gasteiger partial charge is 0.258 e. The van der Waals surface area contributed by atoms with Crippen molar-refractivity contribution in [1.29, 1.82) is 0 Å². The molecule has 122 valence electrons. The molecular formula is C19H20N4O. The lowest BCUT2D eigenvalue weighted by Gasteiger charge is -2.19. The molecule has 5 nitrogen and oxygen atoms in total. The van der Waals surface area contributed by atoms with Crippen LogP contribution in [0.25, 0.3) is 11.5 Å². The summed E-state index contributed by atoms with van der Waals surface area (Å²) in [5.41, 5.74) is 3.79. The average molecular weight is 320 g/mol. The maximum atomic E-state index is 5.25. The van der Waals surface area contributed by atoms with Gasteiger partial charge in [0.05, 0.1) is 6.04 Å². The van der Waals surface area contributed by atoms with Crippen LogP contribution in [0.1, 0.15) is 43.3 Å². The third-order valence-corrected chi connectivity index (χ3v) is 4.64. The Balaban J connectivity index is 1.63. The molecule has 2 heterocycles. The van der Waals surface area contributed by atoms with E-state index in [1.807, 2.05) is 19.1 Å². The largest absolute Gasteiger partial charge is 0.363 e. The number of aromatic nitrogens is 3. The van der Waals surface area contributed by atoms with Crippen molar-refractivity contribution in [2.45, 2.75) is 38.6 Å². The zero-order valence-electron chi connectivity index (χ0n) is 14.1. The number of nitrogens with zero attached hydrogens (tertiary/aromatic N) is 3. The topological polar surface area (TPSA) is 63.8 Å².